The summed E-state index contributed by atoms with van der Waals surface area (Å²) < 4.78 is 0. The smallest absolute Gasteiger partial charge is 0.187 e. The van der Waals surface area contributed by atoms with Crippen LogP contribution in [0.3, 0.4) is 0 Å². The number of aromatic nitrogens is 1. The lowest BCUT2D eigenvalue weighted by Crippen LogP contribution is -2.51. The minimum atomic E-state index is -0.0263. The number of hydrogen-bond acceptors (Lipinski definition) is 5. The van der Waals surface area contributed by atoms with Gasteiger partial charge in [0.15, 0.2) is 5.13 Å². The third-order valence-corrected chi connectivity index (χ3v) is 4.83. The van der Waals surface area contributed by atoms with E-state index in [1.165, 1.54) is 11.3 Å². The summed E-state index contributed by atoms with van der Waals surface area (Å²) in [4.78, 5) is 9.74. The fourth-order valence-electron chi connectivity index (χ4n) is 2.11. The molecule has 0 spiro atoms. The van der Waals surface area contributed by atoms with Crippen molar-refractivity contribution >= 4 is 28.1 Å². The number of halogens is 1. The van der Waals surface area contributed by atoms with Crippen LogP contribution in [-0.4, -0.2) is 47.7 Å². The van der Waals surface area contributed by atoms with Gasteiger partial charge in [-0.3, -0.25) is 4.90 Å². The van der Waals surface area contributed by atoms with Gasteiger partial charge in [0.1, 0.15) is 5.15 Å². The molecule has 17 heavy (non-hydrogen) atoms. The second-order valence-corrected chi connectivity index (χ2v) is 5.78. The van der Waals surface area contributed by atoms with Gasteiger partial charge in [-0.25, -0.2) is 4.98 Å². The Labute approximate surface area is 111 Å². The molecule has 0 amide bonds. The first-order valence-electron chi connectivity index (χ1n) is 5.87. The summed E-state index contributed by atoms with van der Waals surface area (Å²) in [6, 6.07) is 0.573. The van der Waals surface area contributed by atoms with Gasteiger partial charge in [0.2, 0.25) is 0 Å². The Balaban J connectivity index is 2.11. The van der Waals surface area contributed by atoms with Crippen LogP contribution in [0.1, 0.15) is 18.2 Å². The van der Waals surface area contributed by atoms with Crippen LogP contribution in [0.5, 0.6) is 0 Å². The van der Waals surface area contributed by atoms with Crippen molar-refractivity contribution in [1.82, 2.24) is 9.88 Å². The number of anilines is 1. The second-order valence-electron chi connectivity index (χ2n) is 4.36. The first-order chi connectivity index (χ1) is 8.15. The van der Waals surface area contributed by atoms with Crippen LogP contribution >= 0.6 is 22.9 Å². The molecule has 2 rings (SSSR count). The zero-order valence-corrected chi connectivity index (χ0v) is 11.8. The van der Waals surface area contributed by atoms with E-state index < -0.39 is 0 Å². The van der Waals surface area contributed by atoms with E-state index in [-0.39, 0.29) is 6.61 Å². The van der Waals surface area contributed by atoms with Gasteiger partial charge in [0, 0.05) is 25.7 Å². The van der Waals surface area contributed by atoms with Crippen molar-refractivity contribution in [1.29, 1.82) is 0 Å². The molecule has 96 valence electrons. The highest BCUT2D eigenvalue weighted by molar-refractivity contribution is 7.16. The molecule has 1 saturated heterocycles. The molecule has 6 heteroatoms. The molecular formula is C11H18ClN3OS. The van der Waals surface area contributed by atoms with Gasteiger partial charge in [-0.2, -0.15) is 0 Å². The van der Waals surface area contributed by atoms with Crippen molar-refractivity contribution in [3.05, 3.63) is 10.0 Å². The first kappa shape index (κ1) is 13.1. The summed E-state index contributed by atoms with van der Waals surface area (Å²) in [5.41, 5.74) is 0. The number of piperazine rings is 1. The van der Waals surface area contributed by atoms with Crippen LogP contribution in [0.4, 0.5) is 5.13 Å². The van der Waals surface area contributed by atoms with E-state index in [4.69, 9.17) is 16.7 Å². The largest absolute Gasteiger partial charge is 0.391 e. The standard InChI is InChI=1S/C11H18ClN3OS/c1-3-8-6-15(5-4-14(8)2)11-13-10(12)9(7-16)17-11/h8,16H,3-7H2,1-2H3. The van der Waals surface area contributed by atoms with Gasteiger partial charge >= 0.3 is 0 Å². The molecule has 4 nitrogen and oxygen atoms in total. The predicted octanol–water partition coefficient (Wildman–Crippen LogP) is 1.82. The quantitative estimate of drug-likeness (QED) is 0.913. The third-order valence-electron chi connectivity index (χ3n) is 3.30. The molecule has 0 bridgehead atoms. The Morgan fingerprint density at radius 1 is 1.53 bits per heavy atom. The number of aliphatic hydroxyl groups excluding tert-OH is 1. The lowest BCUT2D eigenvalue weighted by Gasteiger charge is -2.38. The molecule has 1 atom stereocenters. The number of aliphatic hydroxyl groups is 1. The van der Waals surface area contributed by atoms with Gasteiger partial charge in [-0.1, -0.05) is 29.9 Å². The van der Waals surface area contributed by atoms with E-state index in [0.29, 0.717) is 11.2 Å². The minimum absolute atomic E-state index is 0.0263. The molecule has 2 heterocycles. The highest BCUT2D eigenvalue weighted by atomic mass is 35.5. The lowest BCUT2D eigenvalue weighted by atomic mass is 10.1. The molecule has 0 saturated carbocycles. The molecule has 1 aromatic rings. The highest BCUT2D eigenvalue weighted by Gasteiger charge is 2.25. The van der Waals surface area contributed by atoms with E-state index in [1.54, 1.807) is 0 Å². The minimum Gasteiger partial charge on any atom is -0.391 e. The average Bonchev–Trinajstić information content (AvgIpc) is 2.71. The Kier molecular flexibility index (Phi) is 4.25. The van der Waals surface area contributed by atoms with Crippen molar-refractivity contribution in [2.75, 3.05) is 31.6 Å². The van der Waals surface area contributed by atoms with Crippen LogP contribution in [-0.2, 0) is 6.61 Å². The zero-order chi connectivity index (χ0) is 12.4. The summed E-state index contributed by atoms with van der Waals surface area (Å²) >= 11 is 7.46. The SMILES string of the molecule is CCC1CN(c2nc(Cl)c(CO)s2)CCN1C. The van der Waals surface area contributed by atoms with Gasteiger partial charge < -0.3 is 10.0 Å². The number of nitrogens with zero attached hydrogens (tertiary/aromatic N) is 3. The number of thiazole rings is 1. The van der Waals surface area contributed by atoms with Crippen LogP contribution in [0.2, 0.25) is 5.15 Å². The van der Waals surface area contributed by atoms with Crippen molar-refractivity contribution in [3.63, 3.8) is 0 Å². The monoisotopic (exact) mass is 275 g/mol. The topological polar surface area (TPSA) is 39.6 Å². The molecule has 0 aliphatic carbocycles. The summed E-state index contributed by atoms with van der Waals surface area (Å²) in [6.07, 6.45) is 1.14. The molecule has 1 unspecified atom stereocenters. The average molecular weight is 276 g/mol. The maximum atomic E-state index is 9.13. The number of hydrogen-bond donors (Lipinski definition) is 1. The first-order valence-corrected chi connectivity index (χ1v) is 7.06. The molecular weight excluding hydrogens is 258 g/mol. The third kappa shape index (κ3) is 2.73. The Morgan fingerprint density at radius 2 is 2.29 bits per heavy atom. The predicted molar refractivity (Wildman–Crippen MR) is 72.0 cm³/mol. The molecule has 1 fully saturated rings. The Bertz CT molecular complexity index is 385. The maximum absolute atomic E-state index is 9.13. The lowest BCUT2D eigenvalue weighted by molar-refractivity contribution is 0.213. The normalized spacial score (nSPS) is 22.1. The molecule has 0 aromatic carbocycles. The van der Waals surface area contributed by atoms with E-state index in [0.717, 1.165) is 36.1 Å². The zero-order valence-electron chi connectivity index (χ0n) is 10.2. The highest BCUT2D eigenvalue weighted by Crippen LogP contribution is 2.30. The molecule has 0 radical (unpaired) electrons. The van der Waals surface area contributed by atoms with Crippen LogP contribution < -0.4 is 4.90 Å². The van der Waals surface area contributed by atoms with E-state index >= 15 is 0 Å². The van der Waals surface area contributed by atoms with E-state index in [1.807, 2.05) is 0 Å². The molecule has 1 N–H and O–H groups in total. The molecule has 1 aliphatic heterocycles. The van der Waals surface area contributed by atoms with Crippen molar-refractivity contribution in [2.24, 2.45) is 0 Å². The number of rotatable bonds is 3. The van der Waals surface area contributed by atoms with E-state index in [2.05, 4.69) is 28.8 Å². The van der Waals surface area contributed by atoms with Crippen LogP contribution in [0, 0.1) is 0 Å². The van der Waals surface area contributed by atoms with Crippen molar-refractivity contribution in [3.8, 4) is 0 Å². The van der Waals surface area contributed by atoms with Gasteiger partial charge in [0.25, 0.3) is 0 Å². The Hall–Kier alpha value is -0.360. The summed E-state index contributed by atoms with van der Waals surface area (Å²) in [7, 11) is 2.17. The van der Waals surface area contributed by atoms with Gasteiger partial charge in [-0.15, -0.1) is 0 Å². The van der Waals surface area contributed by atoms with Gasteiger partial charge in [0.05, 0.1) is 11.5 Å². The van der Waals surface area contributed by atoms with Crippen LogP contribution in [0.15, 0.2) is 0 Å². The van der Waals surface area contributed by atoms with Crippen molar-refractivity contribution in [2.45, 2.75) is 26.0 Å². The number of likely N-dealkylation sites (N-methyl/N-ethyl adjacent to an activating group) is 1. The second kappa shape index (κ2) is 5.52. The molecule has 1 aliphatic rings. The summed E-state index contributed by atoms with van der Waals surface area (Å²) in [5, 5.41) is 10.5. The summed E-state index contributed by atoms with van der Waals surface area (Å²) in [5.74, 6) is 0. The summed E-state index contributed by atoms with van der Waals surface area (Å²) in [6.45, 7) is 5.19. The Morgan fingerprint density at radius 3 is 2.88 bits per heavy atom. The molecule has 1 aromatic heterocycles. The van der Waals surface area contributed by atoms with E-state index in [9.17, 15) is 0 Å². The van der Waals surface area contributed by atoms with Crippen molar-refractivity contribution < 1.29 is 5.11 Å². The fourth-order valence-corrected chi connectivity index (χ4v) is 3.27. The van der Waals surface area contributed by atoms with Gasteiger partial charge in [-0.05, 0) is 13.5 Å². The maximum Gasteiger partial charge on any atom is 0.187 e. The fraction of sp³-hybridized carbons (Fsp3) is 0.727. The van der Waals surface area contributed by atoms with Crippen LogP contribution in [0.25, 0.3) is 0 Å².